The molecule has 0 bridgehead atoms. The van der Waals surface area contributed by atoms with Crippen LogP contribution in [-0.2, 0) is 6.18 Å². The van der Waals surface area contributed by atoms with Crippen LogP contribution in [0.1, 0.15) is 15.9 Å². The van der Waals surface area contributed by atoms with Gasteiger partial charge in [-0.15, -0.1) is 13.2 Å². The van der Waals surface area contributed by atoms with Crippen LogP contribution in [0.3, 0.4) is 0 Å². The van der Waals surface area contributed by atoms with Crippen molar-refractivity contribution in [3.8, 4) is 11.6 Å². The van der Waals surface area contributed by atoms with Crippen LogP contribution in [0, 0.1) is 0 Å². The second-order valence-corrected chi connectivity index (χ2v) is 3.09. The first-order valence-electron chi connectivity index (χ1n) is 4.45. The molecule has 0 radical (unpaired) electrons. The molecule has 1 aromatic heterocycles. The van der Waals surface area contributed by atoms with Gasteiger partial charge in [0.25, 0.3) is 0 Å². The minimum Gasteiger partial charge on any atom is -0.495 e. The third-order valence-corrected chi connectivity index (χ3v) is 1.85. The molecule has 0 saturated carbocycles. The third-order valence-electron chi connectivity index (χ3n) is 1.85. The van der Waals surface area contributed by atoms with Crippen molar-refractivity contribution in [2.75, 3.05) is 7.11 Å². The van der Waals surface area contributed by atoms with Gasteiger partial charge in [-0.2, -0.15) is 13.2 Å². The van der Waals surface area contributed by atoms with E-state index in [4.69, 9.17) is 0 Å². The summed E-state index contributed by atoms with van der Waals surface area (Å²) in [5, 5.41) is 0. The number of pyridine rings is 1. The molecule has 0 aliphatic rings. The largest absolute Gasteiger partial charge is 0.574 e. The van der Waals surface area contributed by atoms with E-state index in [2.05, 4.69) is 14.5 Å². The maximum Gasteiger partial charge on any atom is 0.574 e. The summed E-state index contributed by atoms with van der Waals surface area (Å²) in [6.07, 6.45) is -10.1. The van der Waals surface area contributed by atoms with E-state index in [1.807, 2.05) is 0 Å². The Morgan fingerprint density at radius 3 is 2.16 bits per heavy atom. The van der Waals surface area contributed by atoms with Gasteiger partial charge in [0.15, 0.2) is 11.8 Å². The van der Waals surface area contributed by atoms with Crippen molar-refractivity contribution in [3.05, 3.63) is 17.3 Å². The van der Waals surface area contributed by atoms with Gasteiger partial charge >= 0.3 is 12.5 Å². The second-order valence-electron chi connectivity index (χ2n) is 3.09. The van der Waals surface area contributed by atoms with E-state index >= 15 is 0 Å². The lowest BCUT2D eigenvalue weighted by atomic mass is 10.1. The molecular weight excluding hydrogens is 284 g/mol. The van der Waals surface area contributed by atoms with Crippen molar-refractivity contribution in [3.63, 3.8) is 0 Å². The molecule has 0 spiro atoms. The highest BCUT2D eigenvalue weighted by atomic mass is 19.4. The fourth-order valence-corrected chi connectivity index (χ4v) is 1.23. The lowest BCUT2D eigenvalue weighted by molar-refractivity contribution is -0.277. The first-order chi connectivity index (χ1) is 8.60. The number of hydrogen-bond donors (Lipinski definition) is 0. The van der Waals surface area contributed by atoms with Crippen LogP contribution in [0.5, 0.6) is 11.6 Å². The molecule has 1 heterocycles. The van der Waals surface area contributed by atoms with Crippen LogP contribution >= 0.6 is 0 Å². The Kier molecular flexibility index (Phi) is 3.91. The molecule has 0 N–H and O–H groups in total. The van der Waals surface area contributed by atoms with E-state index in [0.29, 0.717) is 6.20 Å². The quantitative estimate of drug-likeness (QED) is 0.634. The zero-order chi connectivity index (χ0) is 14.8. The number of methoxy groups -OCH3 is 1. The molecule has 0 fully saturated rings. The first-order valence-corrected chi connectivity index (χ1v) is 4.45. The third kappa shape index (κ3) is 3.48. The Morgan fingerprint density at radius 2 is 1.79 bits per heavy atom. The summed E-state index contributed by atoms with van der Waals surface area (Å²) in [6, 6.07) is 0. The molecule has 1 rings (SSSR count). The molecule has 0 aliphatic carbocycles. The Bertz CT molecular complexity index is 482. The summed E-state index contributed by atoms with van der Waals surface area (Å²) in [6.45, 7) is 0. The SMILES string of the molecule is COc1c(C=O)cnc(OC(F)(F)F)c1C(F)(F)F. The molecule has 19 heavy (non-hydrogen) atoms. The zero-order valence-electron chi connectivity index (χ0n) is 9.09. The number of ether oxygens (including phenoxy) is 2. The summed E-state index contributed by atoms with van der Waals surface area (Å²) in [5.41, 5.74) is -2.55. The van der Waals surface area contributed by atoms with Gasteiger partial charge in [-0.05, 0) is 0 Å². The highest BCUT2D eigenvalue weighted by Crippen LogP contribution is 2.43. The molecule has 0 atom stereocenters. The first kappa shape index (κ1) is 15.1. The molecule has 106 valence electrons. The summed E-state index contributed by atoms with van der Waals surface area (Å²) < 4.78 is 81.6. The molecule has 0 aromatic carbocycles. The van der Waals surface area contributed by atoms with Crippen molar-refractivity contribution in [1.82, 2.24) is 4.98 Å². The van der Waals surface area contributed by atoms with Gasteiger partial charge in [0.1, 0.15) is 5.75 Å². The van der Waals surface area contributed by atoms with Gasteiger partial charge in [-0.1, -0.05) is 0 Å². The number of halogens is 6. The van der Waals surface area contributed by atoms with Gasteiger partial charge in [0.2, 0.25) is 5.88 Å². The second kappa shape index (κ2) is 4.94. The fraction of sp³-hybridized carbons (Fsp3) is 0.333. The van der Waals surface area contributed by atoms with E-state index in [1.54, 1.807) is 0 Å². The lowest BCUT2D eigenvalue weighted by Gasteiger charge is -2.17. The number of carbonyl (C=O) groups excluding carboxylic acids is 1. The van der Waals surface area contributed by atoms with Crippen LogP contribution < -0.4 is 9.47 Å². The zero-order valence-corrected chi connectivity index (χ0v) is 9.09. The van der Waals surface area contributed by atoms with Crippen LogP contribution in [-0.4, -0.2) is 24.7 Å². The number of alkyl halides is 6. The van der Waals surface area contributed by atoms with E-state index in [0.717, 1.165) is 7.11 Å². The van der Waals surface area contributed by atoms with Gasteiger partial charge in [-0.25, -0.2) is 4.98 Å². The van der Waals surface area contributed by atoms with Gasteiger partial charge in [-0.3, -0.25) is 4.79 Å². The molecule has 0 aliphatic heterocycles. The van der Waals surface area contributed by atoms with E-state index in [1.165, 1.54) is 0 Å². The van der Waals surface area contributed by atoms with Crippen LogP contribution in [0.2, 0.25) is 0 Å². The Morgan fingerprint density at radius 1 is 1.21 bits per heavy atom. The fourth-order valence-electron chi connectivity index (χ4n) is 1.23. The topological polar surface area (TPSA) is 48.4 Å². The lowest BCUT2D eigenvalue weighted by Crippen LogP contribution is -2.22. The summed E-state index contributed by atoms with van der Waals surface area (Å²) in [4.78, 5) is 13.3. The van der Waals surface area contributed by atoms with Crippen molar-refractivity contribution >= 4 is 6.29 Å². The summed E-state index contributed by atoms with van der Waals surface area (Å²) in [7, 11) is 0.773. The van der Waals surface area contributed by atoms with Crippen LogP contribution in [0.25, 0.3) is 0 Å². The number of aldehydes is 1. The number of aromatic nitrogens is 1. The van der Waals surface area contributed by atoms with E-state index in [9.17, 15) is 31.1 Å². The van der Waals surface area contributed by atoms with Gasteiger partial charge in [0.05, 0.1) is 12.7 Å². The average Bonchev–Trinajstić information content (AvgIpc) is 2.24. The van der Waals surface area contributed by atoms with E-state index in [-0.39, 0.29) is 6.29 Å². The van der Waals surface area contributed by atoms with Crippen molar-refractivity contribution in [2.24, 2.45) is 0 Å². The molecule has 0 unspecified atom stereocenters. The Labute approximate surface area is 101 Å². The predicted molar refractivity (Wildman–Crippen MR) is 47.9 cm³/mol. The van der Waals surface area contributed by atoms with Crippen LogP contribution in [0.4, 0.5) is 26.3 Å². The maximum atomic E-state index is 12.7. The van der Waals surface area contributed by atoms with Crippen molar-refractivity contribution in [2.45, 2.75) is 12.5 Å². The van der Waals surface area contributed by atoms with Gasteiger partial charge in [0, 0.05) is 6.20 Å². The van der Waals surface area contributed by atoms with Crippen LogP contribution in [0.15, 0.2) is 6.20 Å². The van der Waals surface area contributed by atoms with Crippen molar-refractivity contribution < 1.29 is 40.6 Å². The normalized spacial score (nSPS) is 12.2. The monoisotopic (exact) mass is 289 g/mol. The Balaban J connectivity index is 3.52. The molecule has 4 nitrogen and oxygen atoms in total. The number of rotatable bonds is 3. The smallest absolute Gasteiger partial charge is 0.495 e. The number of nitrogens with zero attached hydrogens (tertiary/aromatic N) is 1. The average molecular weight is 289 g/mol. The summed E-state index contributed by atoms with van der Waals surface area (Å²) in [5.74, 6) is -2.82. The number of hydrogen-bond acceptors (Lipinski definition) is 4. The van der Waals surface area contributed by atoms with E-state index < -0.39 is 35.3 Å². The number of carbonyl (C=O) groups is 1. The van der Waals surface area contributed by atoms with Crippen molar-refractivity contribution in [1.29, 1.82) is 0 Å². The molecular formula is C9H5F6NO3. The Hall–Kier alpha value is -2.00. The predicted octanol–water partition coefficient (Wildman–Crippen LogP) is 2.82. The van der Waals surface area contributed by atoms with Gasteiger partial charge < -0.3 is 9.47 Å². The highest BCUT2D eigenvalue weighted by molar-refractivity contribution is 5.80. The standard InChI is InChI=1S/C9H5F6NO3/c1-18-6-4(3-17)2-16-7(19-9(13,14)15)5(6)8(10,11)12/h2-3H,1H3. The molecule has 0 saturated heterocycles. The minimum atomic E-state index is -5.36. The molecule has 0 amide bonds. The molecule has 1 aromatic rings. The molecule has 10 heteroatoms. The minimum absolute atomic E-state index is 0.0293. The summed E-state index contributed by atoms with van der Waals surface area (Å²) >= 11 is 0. The maximum absolute atomic E-state index is 12.7. The highest BCUT2D eigenvalue weighted by Gasteiger charge is 2.44.